The van der Waals surface area contributed by atoms with Gasteiger partial charge in [0.1, 0.15) is 5.69 Å². The Kier molecular flexibility index (Phi) is 3.07. The lowest BCUT2D eigenvalue weighted by molar-refractivity contribution is -0.383. The van der Waals surface area contributed by atoms with Crippen molar-refractivity contribution < 1.29 is 9.45 Å². The lowest BCUT2D eigenvalue weighted by Crippen LogP contribution is -2.08. The third kappa shape index (κ3) is 2.43. The summed E-state index contributed by atoms with van der Waals surface area (Å²) in [7, 11) is 0. The van der Waals surface area contributed by atoms with Gasteiger partial charge in [-0.05, 0) is 6.07 Å². The van der Waals surface area contributed by atoms with Gasteiger partial charge in [-0.3, -0.25) is 14.9 Å². The number of benzene rings is 1. The van der Waals surface area contributed by atoms with E-state index in [1.54, 1.807) is 6.07 Å². The Balaban J connectivity index is 2.05. The van der Waals surface area contributed by atoms with Crippen LogP contribution < -0.4 is 10.9 Å². The average Bonchev–Trinajstić information content (AvgIpc) is 2.97. The minimum atomic E-state index is -0.561. The molecule has 0 radical (unpaired) electrons. The summed E-state index contributed by atoms with van der Waals surface area (Å²) in [5.41, 5.74) is -0.0168. The van der Waals surface area contributed by atoms with Crippen molar-refractivity contribution in [3.63, 3.8) is 0 Å². The zero-order valence-corrected chi connectivity index (χ0v) is 10.6. The standard InChI is InChI=1S/C12H9N5O4/c18-12-8-3-11(17(19)20)10(4-9(8)14-6-15-12)13-5-7-1-2-16-21-7/h1-4,6,13H,5H2,(H,14,15,18). The molecule has 106 valence electrons. The summed E-state index contributed by atoms with van der Waals surface area (Å²) < 4.78 is 4.91. The minimum absolute atomic E-state index is 0.161. The molecule has 3 aromatic rings. The van der Waals surface area contributed by atoms with Crippen molar-refractivity contribution in [1.82, 2.24) is 15.1 Å². The molecule has 0 saturated carbocycles. The normalized spacial score (nSPS) is 10.7. The molecule has 2 N–H and O–H groups in total. The van der Waals surface area contributed by atoms with Crippen molar-refractivity contribution in [2.45, 2.75) is 6.54 Å². The van der Waals surface area contributed by atoms with Gasteiger partial charge < -0.3 is 14.8 Å². The fourth-order valence-corrected chi connectivity index (χ4v) is 1.91. The van der Waals surface area contributed by atoms with Gasteiger partial charge in [-0.2, -0.15) is 0 Å². The molecule has 0 fully saturated rings. The van der Waals surface area contributed by atoms with Crippen molar-refractivity contribution >= 4 is 22.3 Å². The van der Waals surface area contributed by atoms with Gasteiger partial charge in [0, 0.05) is 12.1 Å². The van der Waals surface area contributed by atoms with Gasteiger partial charge in [-0.15, -0.1) is 0 Å². The van der Waals surface area contributed by atoms with E-state index in [0.29, 0.717) is 11.3 Å². The largest absolute Gasteiger partial charge is 0.372 e. The maximum absolute atomic E-state index is 11.6. The summed E-state index contributed by atoms with van der Waals surface area (Å²) in [4.78, 5) is 28.6. The van der Waals surface area contributed by atoms with Crippen LogP contribution in [0.1, 0.15) is 5.76 Å². The SMILES string of the molecule is O=c1[nH]cnc2cc(NCc3ccno3)c([N+](=O)[O-])cc12. The molecule has 9 heteroatoms. The van der Waals surface area contributed by atoms with Crippen LogP contribution in [-0.4, -0.2) is 20.0 Å². The third-order valence-electron chi connectivity index (χ3n) is 2.90. The monoisotopic (exact) mass is 287 g/mol. The second-order valence-electron chi connectivity index (χ2n) is 4.21. The average molecular weight is 287 g/mol. The van der Waals surface area contributed by atoms with Crippen LogP contribution in [0.3, 0.4) is 0 Å². The molecular weight excluding hydrogens is 278 g/mol. The van der Waals surface area contributed by atoms with E-state index in [9.17, 15) is 14.9 Å². The van der Waals surface area contributed by atoms with Crippen molar-refractivity contribution in [1.29, 1.82) is 0 Å². The number of fused-ring (bicyclic) bond motifs is 1. The van der Waals surface area contributed by atoms with E-state index in [2.05, 4.69) is 20.4 Å². The number of aromatic nitrogens is 3. The molecule has 1 aromatic carbocycles. The zero-order chi connectivity index (χ0) is 14.8. The van der Waals surface area contributed by atoms with Gasteiger partial charge in [0.05, 0.1) is 34.9 Å². The Morgan fingerprint density at radius 3 is 3.00 bits per heavy atom. The molecule has 0 saturated heterocycles. The van der Waals surface area contributed by atoms with E-state index in [1.807, 2.05) is 0 Å². The highest BCUT2D eigenvalue weighted by Crippen LogP contribution is 2.28. The molecule has 0 unspecified atom stereocenters. The molecule has 0 atom stereocenters. The smallest absolute Gasteiger partial charge is 0.293 e. The lowest BCUT2D eigenvalue weighted by Gasteiger charge is -2.06. The van der Waals surface area contributed by atoms with Gasteiger partial charge in [-0.1, -0.05) is 5.16 Å². The van der Waals surface area contributed by atoms with Crippen LogP contribution in [0.2, 0.25) is 0 Å². The number of hydrogen-bond donors (Lipinski definition) is 2. The summed E-state index contributed by atoms with van der Waals surface area (Å²) in [5.74, 6) is 0.531. The van der Waals surface area contributed by atoms with Crippen molar-refractivity contribution in [2.75, 3.05) is 5.32 Å². The molecule has 3 rings (SSSR count). The number of rotatable bonds is 4. The topological polar surface area (TPSA) is 127 Å². The molecule has 2 aromatic heterocycles. The van der Waals surface area contributed by atoms with Crippen LogP contribution in [0.15, 0.2) is 40.0 Å². The molecule has 0 aliphatic heterocycles. The van der Waals surface area contributed by atoms with E-state index in [0.717, 1.165) is 0 Å². The Morgan fingerprint density at radius 1 is 1.43 bits per heavy atom. The van der Waals surface area contributed by atoms with Crippen LogP contribution in [0, 0.1) is 10.1 Å². The number of nitro groups is 1. The van der Waals surface area contributed by atoms with Gasteiger partial charge in [0.25, 0.3) is 11.2 Å². The van der Waals surface area contributed by atoms with E-state index < -0.39 is 10.5 Å². The first kappa shape index (κ1) is 12.8. The van der Waals surface area contributed by atoms with Gasteiger partial charge in [0.2, 0.25) is 0 Å². The number of nitro benzene ring substituents is 1. The fraction of sp³-hybridized carbons (Fsp3) is 0.0833. The van der Waals surface area contributed by atoms with E-state index >= 15 is 0 Å². The Bertz CT molecular complexity index is 856. The molecular formula is C12H9N5O4. The number of hydrogen-bond acceptors (Lipinski definition) is 7. The summed E-state index contributed by atoms with van der Waals surface area (Å²) in [6.07, 6.45) is 2.73. The number of anilines is 1. The maximum atomic E-state index is 11.6. The lowest BCUT2D eigenvalue weighted by atomic mass is 10.2. The van der Waals surface area contributed by atoms with Gasteiger partial charge in [-0.25, -0.2) is 4.98 Å². The highest BCUT2D eigenvalue weighted by Gasteiger charge is 2.17. The van der Waals surface area contributed by atoms with Gasteiger partial charge in [0.15, 0.2) is 5.76 Å². The predicted molar refractivity (Wildman–Crippen MR) is 72.8 cm³/mol. The molecule has 0 bridgehead atoms. The number of nitrogens with zero attached hydrogens (tertiary/aromatic N) is 3. The predicted octanol–water partition coefficient (Wildman–Crippen LogP) is 1.43. The quantitative estimate of drug-likeness (QED) is 0.548. The molecule has 2 heterocycles. The van der Waals surface area contributed by atoms with E-state index in [-0.39, 0.29) is 23.3 Å². The van der Waals surface area contributed by atoms with E-state index in [1.165, 1.54) is 24.7 Å². The van der Waals surface area contributed by atoms with Gasteiger partial charge >= 0.3 is 0 Å². The molecule has 0 amide bonds. The highest BCUT2D eigenvalue weighted by atomic mass is 16.6. The Hall–Kier alpha value is -3.23. The van der Waals surface area contributed by atoms with Crippen molar-refractivity contribution in [2.24, 2.45) is 0 Å². The first-order chi connectivity index (χ1) is 10.1. The summed E-state index contributed by atoms with van der Waals surface area (Å²) in [6.45, 7) is 0.232. The van der Waals surface area contributed by atoms with E-state index in [4.69, 9.17) is 4.52 Å². The zero-order valence-electron chi connectivity index (χ0n) is 10.6. The number of nitrogens with one attached hydrogen (secondary N) is 2. The second kappa shape index (κ2) is 5.04. The van der Waals surface area contributed by atoms with Crippen LogP contribution in [0.4, 0.5) is 11.4 Å². The van der Waals surface area contributed by atoms with Crippen LogP contribution in [-0.2, 0) is 6.54 Å². The minimum Gasteiger partial charge on any atom is -0.372 e. The highest BCUT2D eigenvalue weighted by molar-refractivity contribution is 5.86. The molecule has 21 heavy (non-hydrogen) atoms. The van der Waals surface area contributed by atoms with Crippen LogP contribution in [0.5, 0.6) is 0 Å². The van der Waals surface area contributed by atoms with Crippen molar-refractivity contribution in [3.8, 4) is 0 Å². The second-order valence-corrected chi connectivity index (χ2v) is 4.21. The molecule has 0 spiro atoms. The Labute approximate surface area is 116 Å². The van der Waals surface area contributed by atoms with Crippen LogP contribution >= 0.6 is 0 Å². The van der Waals surface area contributed by atoms with Crippen LogP contribution in [0.25, 0.3) is 10.9 Å². The third-order valence-corrected chi connectivity index (χ3v) is 2.90. The summed E-state index contributed by atoms with van der Waals surface area (Å²) in [6, 6.07) is 4.30. The molecule has 0 aliphatic rings. The maximum Gasteiger partial charge on any atom is 0.293 e. The number of H-pyrrole nitrogens is 1. The Morgan fingerprint density at radius 2 is 2.29 bits per heavy atom. The molecule has 9 nitrogen and oxygen atoms in total. The first-order valence-electron chi connectivity index (χ1n) is 5.94. The van der Waals surface area contributed by atoms with Crippen molar-refractivity contribution in [3.05, 3.63) is 57.0 Å². The number of aromatic amines is 1. The summed E-state index contributed by atoms with van der Waals surface area (Å²) in [5, 5.41) is 17.7. The summed E-state index contributed by atoms with van der Waals surface area (Å²) >= 11 is 0. The fourth-order valence-electron chi connectivity index (χ4n) is 1.91. The molecule has 0 aliphatic carbocycles. The first-order valence-corrected chi connectivity index (χ1v) is 5.94.